The largest absolute Gasteiger partial charge is 0.504 e. The molecular weight excluding hydrogens is 582 g/mol. The number of hydrogen-bond donors (Lipinski definition) is 3. The van der Waals surface area contributed by atoms with Gasteiger partial charge in [-0.1, -0.05) is 11.6 Å². The number of halogens is 1. The van der Waals surface area contributed by atoms with E-state index >= 15 is 0 Å². The summed E-state index contributed by atoms with van der Waals surface area (Å²) in [5.74, 6) is -0.680. The third-order valence-electron chi connectivity index (χ3n) is 7.58. The van der Waals surface area contributed by atoms with Crippen molar-refractivity contribution in [2.24, 2.45) is 12.8 Å². The van der Waals surface area contributed by atoms with E-state index < -0.39 is 17.6 Å². The highest BCUT2D eigenvalue weighted by molar-refractivity contribution is 6.33. The molecule has 43 heavy (non-hydrogen) atoms. The van der Waals surface area contributed by atoms with Crippen LogP contribution < -0.4 is 31.0 Å². The molecule has 2 aliphatic rings. The van der Waals surface area contributed by atoms with Gasteiger partial charge in [-0.05, 0) is 19.9 Å². The van der Waals surface area contributed by atoms with E-state index in [2.05, 4.69) is 20.2 Å². The van der Waals surface area contributed by atoms with Crippen LogP contribution in [-0.2, 0) is 23.1 Å². The molecule has 5 heterocycles. The van der Waals surface area contributed by atoms with Crippen molar-refractivity contribution < 1.29 is 28.9 Å². The maximum Gasteiger partial charge on any atom is 0.263 e. The maximum atomic E-state index is 13.5. The number of hydrogen-bond acceptors (Lipinski definition) is 10. The smallest absolute Gasteiger partial charge is 0.263 e. The Morgan fingerprint density at radius 1 is 1.23 bits per heavy atom. The molecule has 224 valence electrons. The fourth-order valence-electron chi connectivity index (χ4n) is 5.28. The molecule has 3 aromatic heterocycles. The number of aromatic nitrogens is 4. The lowest BCUT2D eigenvalue weighted by molar-refractivity contribution is -0.116. The molecular formula is C28H28ClN7O7. The molecule has 1 aromatic carbocycles. The fourth-order valence-corrected chi connectivity index (χ4v) is 5.43. The van der Waals surface area contributed by atoms with Crippen molar-refractivity contribution in [3.8, 4) is 28.4 Å². The maximum absolute atomic E-state index is 13.5. The number of phenols is 1. The van der Waals surface area contributed by atoms with Crippen LogP contribution in [0.2, 0.25) is 5.02 Å². The van der Waals surface area contributed by atoms with Gasteiger partial charge >= 0.3 is 0 Å². The summed E-state index contributed by atoms with van der Waals surface area (Å²) in [7, 11) is 1.58. The van der Waals surface area contributed by atoms with E-state index in [-0.39, 0.29) is 63.6 Å². The predicted octanol–water partition coefficient (Wildman–Crippen LogP) is 2.16. The summed E-state index contributed by atoms with van der Waals surface area (Å²) < 4.78 is 19.4. The van der Waals surface area contributed by atoms with Gasteiger partial charge in [-0.25, -0.2) is 9.97 Å². The zero-order chi connectivity index (χ0) is 30.6. The van der Waals surface area contributed by atoms with Crippen molar-refractivity contribution in [3.63, 3.8) is 0 Å². The standard InChI is InChI=1S/C28H28ClN7O7/c1-13-11-41-5-4-36(13)20-7-19(18(29)8-31-20)33-21(37)10-35-9-17(22-27(35)32-14(2)34(3)28(22)40)15-6-16(26(30)39)23(38)25-24(15)42-12-43-25/h6-9,13,38H,4-5,10-12H2,1-3H3,(H2,30,39)(H,31,33,37)/t13-/m0/s1. The average Bonchev–Trinajstić information content (AvgIpc) is 3.60. The highest BCUT2D eigenvalue weighted by Crippen LogP contribution is 2.50. The Labute approximate surface area is 249 Å². The molecule has 0 unspecified atom stereocenters. The highest BCUT2D eigenvalue weighted by atomic mass is 35.5. The van der Waals surface area contributed by atoms with Crippen molar-refractivity contribution >= 4 is 46.0 Å². The first-order valence-corrected chi connectivity index (χ1v) is 13.7. The second-order valence-corrected chi connectivity index (χ2v) is 10.7. The monoisotopic (exact) mass is 609 g/mol. The number of carbonyl (C=O) groups is 2. The second kappa shape index (κ2) is 10.8. The summed E-state index contributed by atoms with van der Waals surface area (Å²) in [6.07, 6.45) is 3.04. The van der Waals surface area contributed by atoms with Crippen LogP contribution in [0.3, 0.4) is 0 Å². The van der Waals surface area contributed by atoms with Crippen LogP contribution in [0, 0.1) is 6.92 Å². The third kappa shape index (κ3) is 4.87. The number of aryl methyl sites for hydroxylation is 1. The quantitative estimate of drug-likeness (QED) is 0.294. The van der Waals surface area contributed by atoms with Crippen LogP contribution in [0.4, 0.5) is 11.5 Å². The molecule has 4 N–H and O–H groups in total. The number of nitrogens with two attached hydrogens (primary N) is 1. The Balaban J connectivity index is 1.41. The topological polar surface area (TPSA) is 176 Å². The van der Waals surface area contributed by atoms with E-state index in [1.165, 1.54) is 21.4 Å². The number of anilines is 2. The molecule has 1 saturated heterocycles. The van der Waals surface area contributed by atoms with Gasteiger partial charge in [0, 0.05) is 37.0 Å². The molecule has 14 nitrogen and oxygen atoms in total. The Bertz CT molecular complexity index is 1870. The first-order chi connectivity index (χ1) is 20.5. The van der Waals surface area contributed by atoms with Crippen molar-refractivity contribution in [2.75, 3.05) is 36.8 Å². The summed E-state index contributed by atoms with van der Waals surface area (Å²) in [4.78, 5) is 50.2. The first kappa shape index (κ1) is 28.3. The number of nitrogens with zero attached hydrogens (tertiary/aromatic N) is 5. The minimum atomic E-state index is -0.901. The van der Waals surface area contributed by atoms with E-state index in [1.807, 2.05) is 6.92 Å². The van der Waals surface area contributed by atoms with Gasteiger partial charge in [0.25, 0.3) is 11.5 Å². The fraction of sp³-hybridized carbons (Fsp3) is 0.321. The number of ether oxygens (including phenoxy) is 3. The number of pyridine rings is 1. The van der Waals surface area contributed by atoms with Gasteiger partial charge in [0.1, 0.15) is 23.8 Å². The Morgan fingerprint density at radius 2 is 2.00 bits per heavy atom. The van der Waals surface area contributed by atoms with Crippen LogP contribution >= 0.6 is 11.6 Å². The SMILES string of the molecule is Cc1nc2c(c(-c3cc(C(N)=O)c(O)c4c3OCO4)cn2CC(=O)Nc2cc(N3CCOC[C@@H]3C)ncc2Cl)c(=O)n1C. The van der Waals surface area contributed by atoms with Crippen LogP contribution in [0.15, 0.2) is 29.3 Å². The van der Waals surface area contributed by atoms with Crippen LogP contribution in [0.1, 0.15) is 23.1 Å². The van der Waals surface area contributed by atoms with Crippen molar-refractivity contribution in [2.45, 2.75) is 26.4 Å². The number of rotatable bonds is 6. The summed E-state index contributed by atoms with van der Waals surface area (Å²) in [6.45, 7) is 5.01. The third-order valence-corrected chi connectivity index (χ3v) is 7.89. The van der Waals surface area contributed by atoms with Gasteiger partial charge in [-0.15, -0.1) is 0 Å². The van der Waals surface area contributed by atoms with Gasteiger partial charge in [-0.2, -0.15) is 0 Å². The molecule has 15 heteroatoms. The van der Waals surface area contributed by atoms with E-state index in [0.29, 0.717) is 42.7 Å². The average molecular weight is 610 g/mol. The van der Waals surface area contributed by atoms with Gasteiger partial charge in [0.15, 0.2) is 11.5 Å². The lowest BCUT2D eigenvalue weighted by atomic mass is 10.00. The number of nitrogens with one attached hydrogen (secondary N) is 1. The van der Waals surface area contributed by atoms with Crippen molar-refractivity contribution in [1.29, 1.82) is 0 Å². The molecule has 0 saturated carbocycles. The summed E-state index contributed by atoms with van der Waals surface area (Å²) in [5.41, 5.74) is 6.09. The zero-order valence-corrected chi connectivity index (χ0v) is 24.3. The molecule has 0 aliphatic carbocycles. The summed E-state index contributed by atoms with van der Waals surface area (Å²) in [5, 5.41) is 13.8. The Morgan fingerprint density at radius 3 is 2.74 bits per heavy atom. The molecule has 0 spiro atoms. The molecule has 0 bridgehead atoms. The molecule has 2 aliphatic heterocycles. The number of carbonyl (C=O) groups excluding carboxylic acids is 2. The van der Waals surface area contributed by atoms with Gasteiger partial charge in [-0.3, -0.25) is 19.0 Å². The van der Waals surface area contributed by atoms with Crippen LogP contribution in [0.5, 0.6) is 17.2 Å². The second-order valence-electron chi connectivity index (χ2n) is 10.3. The van der Waals surface area contributed by atoms with E-state index in [0.717, 1.165) is 0 Å². The number of morpholine rings is 1. The number of primary amides is 1. The zero-order valence-electron chi connectivity index (χ0n) is 23.5. The molecule has 6 rings (SSSR count). The molecule has 0 radical (unpaired) electrons. The van der Waals surface area contributed by atoms with E-state index in [4.69, 9.17) is 31.5 Å². The minimum absolute atomic E-state index is 0.0699. The van der Waals surface area contributed by atoms with Gasteiger partial charge in [0.05, 0.1) is 47.1 Å². The molecule has 1 atom stereocenters. The first-order valence-electron chi connectivity index (χ1n) is 13.4. The van der Waals surface area contributed by atoms with Gasteiger partial charge < -0.3 is 39.8 Å². The number of amides is 2. The minimum Gasteiger partial charge on any atom is -0.504 e. The number of benzene rings is 1. The molecule has 1 fully saturated rings. The Hall–Kier alpha value is -4.82. The molecule has 2 amide bonds. The Kier molecular flexibility index (Phi) is 7.10. The van der Waals surface area contributed by atoms with E-state index in [1.54, 1.807) is 26.2 Å². The van der Waals surface area contributed by atoms with Crippen LogP contribution in [-0.4, -0.2) is 68.6 Å². The number of fused-ring (bicyclic) bond motifs is 2. The normalized spacial score (nSPS) is 16.1. The highest BCUT2D eigenvalue weighted by Gasteiger charge is 2.30. The molecule has 4 aromatic rings. The van der Waals surface area contributed by atoms with Crippen LogP contribution in [0.25, 0.3) is 22.2 Å². The van der Waals surface area contributed by atoms with Crippen molar-refractivity contribution in [3.05, 3.63) is 51.3 Å². The lowest BCUT2D eigenvalue weighted by Crippen LogP contribution is -2.44. The summed E-state index contributed by atoms with van der Waals surface area (Å²) in [6, 6.07) is 3.13. The van der Waals surface area contributed by atoms with Crippen molar-refractivity contribution in [1.82, 2.24) is 19.1 Å². The van der Waals surface area contributed by atoms with E-state index in [9.17, 15) is 19.5 Å². The summed E-state index contributed by atoms with van der Waals surface area (Å²) >= 11 is 6.40. The lowest BCUT2D eigenvalue weighted by Gasteiger charge is -2.34. The predicted molar refractivity (Wildman–Crippen MR) is 157 cm³/mol. The number of aromatic hydroxyl groups is 1. The van der Waals surface area contributed by atoms with Gasteiger partial charge in [0.2, 0.25) is 18.4 Å².